The van der Waals surface area contributed by atoms with Crippen LogP contribution in [0.4, 0.5) is 0 Å². The number of hydrogen-bond donors (Lipinski definition) is 1. The molecule has 106 valence electrons. The van der Waals surface area contributed by atoms with Gasteiger partial charge in [-0.3, -0.25) is 0 Å². The maximum absolute atomic E-state index is 11.2. The number of carbonyl (C=O) groups is 1. The zero-order valence-corrected chi connectivity index (χ0v) is 12.0. The average molecular weight is 272 g/mol. The van der Waals surface area contributed by atoms with E-state index < -0.39 is 5.97 Å². The quantitative estimate of drug-likeness (QED) is 0.919. The first-order valence-corrected chi connectivity index (χ1v) is 7.33. The van der Waals surface area contributed by atoms with Gasteiger partial charge in [-0.05, 0) is 44.9 Å². The van der Waals surface area contributed by atoms with Crippen LogP contribution >= 0.6 is 0 Å². The fourth-order valence-electron chi connectivity index (χ4n) is 3.26. The fourth-order valence-corrected chi connectivity index (χ4v) is 3.26. The van der Waals surface area contributed by atoms with Crippen molar-refractivity contribution in [3.05, 3.63) is 29.6 Å². The van der Waals surface area contributed by atoms with E-state index in [1.807, 2.05) is 6.07 Å². The monoisotopic (exact) mass is 272 g/mol. The minimum atomic E-state index is -0.883. The van der Waals surface area contributed by atoms with E-state index in [4.69, 9.17) is 10.1 Å². The summed E-state index contributed by atoms with van der Waals surface area (Å²) in [4.78, 5) is 15.9. The highest BCUT2D eigenvalue weighted by molar-refractivity contribution is 5.92. The fraction of sp³-hybridized carbons (Fsp3) is 0.500. The first-order chi connectivity index (χ1) is 9.58. The highest BCUT2D eigenvalue weighted by atomic mass is 16.4. The van der Waals surface area contributed by atoms with E-state index in [1.54, 1.807) is 12.1 Å². The molecule has 0 amide bonds. The van der Waals surface area contributed by atoms with Gasteiger partial charge in [0.15, 0.2) is 0 Å². The molecule has 1 saturated carbocycles. The molecule has 1 heterocycles. The number of imidazole rings is 1. The second-order valence-corrected chi connectivity index (χ2v) is 5.92. The average Bonchev–Trinajstić information content (AvgIpc) is 3.04. The molecule has 20 heavy (non-hydrogen) atoms. The van der Waals surface area contributed by atoms with Crippen LogP contribution in [0.15, 0.2) is 18.2 Å². The zero-order chi connectivity index (χ0) is 14.3. The van der Waals surface area contributed by atoms with Crippen LogP contribution in [0.5, 0.6) is 0 Å². The van der Waals surface area contributed by atoms with Gasteiger partial charge in [0.25, 0.3) is 0 Å². The molecule has 0 spiro atoms. The molecule has 3 rings (SSSR count). The minimum absolute atomic E-state index is 0.291. The number of carboxylic acids is 1. The van der Waals surface area contributed by atoms with Gasteiger partial charge in [0, 0.05) is 12.0 Å². The van der Waals surface area contributed by atoms with Crippen molar-refractivity contribution in [3.8, 4) is 0 Å². The van der Waals surface area contributed by atoms with Crippen molar-refractivity contribution in [1.82, 2.24) is 9.55 Å². The third kappa shape index (κ3) is 2.09. The molecule has 4 nitrogen and oxygen atoms in total. The van der Waals surface area contributed by atoms with Crippen molar-refractivity contribution >= 4 is 17.0 Å². The Labute approximate surface area is 118 Å². The van der Waals surface area contributed by atoms with Crippen LogP contribution < -0.4 is 0 Å². The standard InChI is InChI=1S/C16H20N2O2/c1-10(2)18-14-9-12(16(19)20)7-8-13(14)17-15(18)11-5-3-4-6-11/h7-11H,3-6H2,1-2H3,(H,19,20). The van der Waals surface area contributed by atoms with Crippen LogP contribution in [0.2, 0.25) is 0 Å². The number of nitrogens with zero attached hydrogens (tertiary/aromatic N) is 2. The van der Waals surface area contributed by atoms with Crippen LogP contribution in [0.1, 0.15) is 67.7 Å². The maximum Gasteiger partial charge on any atom is 0.335 e. The second kappa shape index (κ2) is 4.93. The summed E-state index contributed by atoms with van der Waals surface area (Å²) in [6, 6.07) is 5.51. The first kappa shape index (κ1) is 13.2. The van der Waals surface area contributed by atoms with E-state index in [0.717, 1.165) is 16.9 Å². The van der Waals surface area contributed by atoms with Gasteiger partial charge in [0.2, 0.25) is 0 Å². The van der Waals surface area contributed by atoms with E-state index in [0.29, 0.717) is 17.5 Å². The lowest BCUT2D eigenvalue weighted by atomic mass is 10.1. The molecule has 0 aliphatic heterocycles. The summed E-state index contributed by atoms with van der Waals surface area (Å²) in [6.45, 7) is 4.26. The molecule has 1 aliphatic rings. The van der Waals surface area contributed by atoms with E-state index in [-0.39, 0.29) is 0 Å². The molecule has 1 aromatic carbocycles. The minimum Gasteiger partial charge on any atom is -0.478 e. The van der Waals surface area contributed by atoms with Crippen LogP contribution in [0, 0.1) is 0 Å². The molecule has 0 atom stereocenters. The summed E-state index contributed by atoms with van der Waals surface area (Å²) in [6.07, 6.45) is 4.93. The van der Waals surface area contributed by atoms with Crippen molar-refractivity contribution in [1.29, 1.82) is 0 Å². The van der Waals surface area contributed by atoms with Gasteiger partial charge in [-0.1, -0.05) is 12.8 Å². The van der Waals surface area contributed by atoms with Crippen molar-refractivity contribution in [2.24, 2.45) is 0 Å². The van der Waals surface area contributed by atoms with Gasteiger partial charge in [0.05, 0.1) is 16.6 Å². The Morgan fingerprint density at radius 3 is 2.65 bits per heavy atom. The van der Waals surface area contributed by atoms with Gasteiger partial charge < -0.3 is 9.67 Å². The molecule has 1 N–H and O–H groups in total. The van der Waals surface area contributed by atoms with E-state index in [2.05, 4.69) is 18.4 Å². The lowest BCUT2D eigenvalue weighted by molar-refractivity contribution is 0.0697. The molecule has 0 bridgehead atoms. The third-order valence-corrected chi connectivity index (χ3v) is 4.20. The molecule has 1 aromatic heterocycles. The molecular weight excluding hydrogens is 252 g/mol. The Morgan fingerprint density at radius 1 is 1.35 bits per heavy atom. The Bertz CT molecular complexity index is 652. The molecule has 4 heteroatoms. The third-order valence-electron chi connectivity index (χ3n) is 4.20. The predicted molar refractivity (Wildman–Crippen MR) is 78.3 cm³/mol. The van der Waals surface area contributed by atoms with Gasteiger partial charge in [-0.25, -0.2) is 9.78 Å². The number of hydrogen-bond acceptors (Lipinski definition) is 2. The summed E-state index contributed by atoms with van der Waals surface area (Å²) < 4.78 is 2.22. The molecule has 0 saturated heterocycles. The van der Waals surface area contributed by atoms with E-state index >= 15 is 0 Å². The SMILES string of the molecule is CC(C)n1c(C2CCCC2)nc2ccc(C(=O)O)cc21. The Hall–Kier alpha value is -1.84. The Kier molecular flexibility index (Phi) is 3.24. The largest absolute Gasteiger partial charge is 0.478 e. The Balaban J connectivity index is 2.19. The number of benzene rings is 1. The molecular formula is C16H20N2O2. The van der Waals surface area contributed by atoms with Gasteiger partial charge in [-0.2, -0.15) is 0 Å². The topological polar surface area (TPSA) is 55.1 Å². The molecule has 0 unspecified atom stereocenters. The van der Waals surface area contributed by atoms with Crippen molar-refractivity contribution in [2.45, 2.75) is 51.5 Å². The van der Waals surface area contributed by atoms with E-state index in [9.17, 15) is 4.79 Å². The summed E-state index contributed by atoms with van der Waals surface area (Å²) in [7, 11) is 0. The lowest BCUT2D eigenvalue weighted by Gasteiger charge is -2.16. The van der Waals surface area contributed by atoms with Crippen molar-refractivity contribution in [3.63, 3.8) is 0 Å². The van der Waals surface area contributed by atoms with Crippen LogP contribution in [0.25, 0.3) is 11.0 Å². The first-order valence-electron chi connectivity index (χ1n) is 7.33. The maximum atomic E-state index is 11.2. The number of carboxylic acid groups (broad SMARTS) is 1. The number of aromatic carboxylic acids is 1. The number of rotatable bonds is 3. The molecule has 1 aliphatic carbocycles. The smallest absolute Gasteiger partial charge is 0.335 e. The predicted octanol–water partition coefficient (Wildman–Crippen LogP) is 3.97. The molecule has 0 radical (unpaired) electrons. The normalized spacial score (nSPS) is 16.4. The van der Waals surface area contributed by atoms with Gasteiger partial charge >= 0.3 is 5.97 Å². The van der Waals surface area contributed by atoms with Crippen LogP contribution in [-0.4, -0.2) is 20.6 Å². The molecule has 2 aromatic rings. The Morgan fingerprint density at radius 2 is 2.05 bits per heavy atom. The van der Waals surface area contributed by atoms with Crippen LogP contribution in [0.3, 0.4) is 0 Å². The highest BCUT2D eigenvalue weighted by Gasteiger charge is 2.25. The summed E-state index contributed by atoms with van der Waals surface area (Å²) in [5, 5.41) is 9.16. The van der Waals surface area contributed by atoms with Crippen LogP contribution in [-0.2, 0) is 0 Å². The molecule has 1 fully saturated rings. The summed E-state index contributed by atoms with van der Waals surface area (Å²) >= 11 is 0. The van der Waals surface area contributed by atoms with Gasteiger partial charge in [0.1, 0.15) is 5.82 Å². The lowest BCUT2D eigenvalue weighted by Crippen LogP contribution is -2.09. The zero-order valence-electron chi connectivity index (χ0n) is 12.0. The number of fused-ring (bicyclic) bond motifs is 1. The van der Waals surface area contributed by atoms with Crippen molar-refractivity contribution < 1.29 is 9.90 Å². The second-order valence-electron chi connectivity index (χ2n) is 5.92. The summed E-state index contributed by atoms with van der Waals surface area (Å²) in [5.41, 5.74) is 2.18. The van der Waals surface area contributed by atoms with Crippen molar-refractivity contribution in [2.75, 3.05) is 0 Å². The number of aromatic nitrogens is 2. The van der Waals surface area contributed by atoms with E-state index in [1.165, 1.54) is 25.7 Å². The highest BCUT2D eigenvalue weighted by Crippen LogP contribution is 2.36. The van der Waals surface area contributed by atoms with Gasteiger partial charge in [-0.15, -0.1) is 0 Å². The summed E-state index contributed by atoms with van der Waals surface area (Å²) in [5.74, 6) is 0.777.